The third-order valence-corrected chi connectivity index (χ3v) is 3.06. The van der Waals surface area contributed by atoms with Crippen LogP contribution in [0, 0.1) is 11.8 Å². The monoisotopic (exact) mass is 365 g/mol. The van der Waals surface area contributed by atoms with Crippen LogP contribution in [0.25, 0.3) is 0 Å². The van der Waals surface area contributed by atoms with Crippen LogP contribution in [0.15, 0.2) is 24.3 Å². The van der Waals surface area contributed by atoms with Crippen molar-refractivity contribution < 1.29 is 29.3 Å². The van der Waals surface area contributed by atoms with Gasteiger partial charge in [-0.1, -0.05) is 25.7 Å². The maximum atomic E-state index is 9.10. The number of methoxy groups -OCH3 is 1. The molecule has 0 radical (unpaired) electrons. The molecular formula is C19H27NO6. The van der Waals surface area contributed by atoms with Gasteiger partial charge in [0.25, 0.3) is 0 Å². The number of nitrogens with zero attached hydrogens (tertiary/aromatic N) is 1. The van der Waals surface area contributed by atoms with Gasteiger partial charge in [0.15, 0.2) is 0 Å². The molecule has 0 fully saturated rings. The second-order valence-electron chi connectivity index (χ2n) is 5.20. The van der Waals surface area contributed by atoms with Gasteiger partial charge in [0.1, 0.15) is 18.1 Å². The molecule has 0 unspecified atom stereocenters. The Morgan fingerprint density at radius 3 is 1.88 bits per heavy atom. The van der Waals surface area contributed by atoms with Crippen molar-refractivity contribution in [1.29, 1.82) is 0 Å². The van der Waals surface area contributed by atoms with E-state index in [2.05, 4.69) is 30.6 Å². The van der Waals surface area contributed by atoms with Gasteiger partial charge in [-0.15, -0.1) is 0 Å². The zero-order valence-electron chi connectivity index (χ0n) is 15.5. The molecule has 1 aromatic carbocycles. The van der Waals surface area contributed by atoms with Crippen LogP contribution in [-0.2, 0) is 9.59 Å². The highest BCUT2D eigenvalue weighted by atomic mass is 16.5. The molecule has 26 heavy (non-hydrogen) atoms. The molecule has 7 heteroatoms. The average molecular weight is 365 g/mol. The molecule has 0 aliphatic carbocycles. The Bertz CT molecular complexity index is 570. The Morgan fingerprint density at radius 1 is 0.962 bits per heavy atom. The van der Waals surface area contributed by atoms with Crippen molar-refractivity contribution in [2.75, 3.05) is 33.4 Å². The molecule has 0 saturated carbocycles. The van der Waals surface area contributed by atoms with Gasteiger partial charge in [-0.2, -0.15) is 0 Å². The summed E-state index contributed by atoms with van der Waals surface area (Å²) < 4.78 is 10.7. The van der Waals surface area contributed by atoms with Crippen molar-refractivity contribution in [2.45, 2.75) is 26.7 Å². The van der Waals surface area contributed by atoms with Crippen molar-refractivity contribution in [3.63, 3.8) is 0 Å². The minimum atomic E-state index is -1.82. The van der Waals surface area contributed by atoms with E-state index in [1.165, 1.54) is 12.8 Å². The molecule has 0 heterocycles. The minimum absolute atomic E-state index is 0.429. The van der Waals surface area contributed by atoms with Gasteiger partial charge in [0.05, 0.1) is 13.7 Å². The van der Waals surface area contributed by atoms with Crippen LogP contribution >= 0.6 is 0 Å². The first-order valence-electron chi connectivity index (χ1n) is 8.35. The first-order chi connectivity index (χ1) is 12.4. The lowest BCUT2D eigenvalue weighted by Crippen LogP contribution is -2.25. The van der Waals surface area contributed by atoms with Crippen molar-refractivity contribution in [3.05, 3.63) is 24.3 Å². The summed E-state index contributed by atoms with van der Waals surface area (Å²) in [4.78, 5) is 20.6. The van der Waals surface area contributed by atoms with Gasteiger partial charge in [-0.3, -0.25) is 4.90 Å². The molecule has 2 N–H and O–H groups in total. The van der Waals surface area contributed by atoms with E-state index in [1.807, 2.05) is 24.3 Å². The zero-order chi connectivity index (χ0) is 19.8. The maximum absolute atomic E-state index is 9.10. The molecular weight excluding hydrogens is 338 g/mol. The summed E-state index contributed by atoms with van der Waals surface area (Å²) in [5.41, 5.74) is 0. The molecule has 0 aliphatic heterocycles. The van der Waals surface area contributed by atoms with E-state index in [0.717, 1.165) is 31.1 Å². The molecule has 1 aromatic rings. The van der Waals surface area contributed by atoms with Gasteiger partial charge in [0, 0.05) is 0 Å². The highest BCUT2D eigenvalue weighted by Crippen LogP contribution is 2.16. The number of benzene rings is 1. The molecule has 0 bridgehead atoms. The second-order valence-corrected chi connectivity index (χ2v) is 5.20. The van der Waals surface area contributed by atoms with E-state index >= 15 is 0 Å². The van der Waals surface area contributed by atoms with E-state index in [0.29, 0.717) is 6.61 Å². The Morgan fingerprint density at radius 2 is 1.46 bits per heavy atom. The van der Waals surface area contributed by atoms with Gasteiger partial charge in [0.2, 0.25) is 0 Å². The fraction of sp³-hybridized carbons (Fsp3) is 0.474. The number of carboxylic acid groups (broad SMARTS) is 2. The second kappa shape index (κ2) is 14.6. The van der Waals surface area contributed by atoms with Crippen molar-refractivity contribution in [3.8, 4) is 23.3 Å². The SMILES string of the molecule is CCCN(CC#CCOc1ccc(OC)cc1)CCC.O=C(O)C(=O)O. The highest BCUT2D eigenvalue weighted by molar-refractivity contribution is 6.27. The zero-order valence-corrected chi connectivity index (χ0v) is 15.5. The molecule has 0 saturated heterocycles. The fourth-order valence-corrected chi connectivity index (χ4v) is 1.91. The Balaban J connectivity index is 0.000000896. The normalized spacial score (nSPS) is 9.38. The van der Waals surface area contributed by atoms with Crippen LogP contribution in [0.4, 0.5) is 0 Å². The summed E-state index contributed by atoms with van der Waals surface area (Å²) in [5, 5.41) is 14.8. The molecule has 1 rings (SSSR count). The van der Waals surface area contributed by atoms with Gasteiger partial charge >= 0.3 is 11.9 Å². The summed E-state index contributed by atoms with van der Waals surface area (Å²) >= 11 is 0. The van der Waals surface area contributed by atoms with Crippen molar-refractivity contribution in [1.82, 2.24) is 4.90 Å². The predicted octanol–water partition coefficient (Wildman–Crippen LogP) is 2.35. The fourth-order valence-electron chi connectivity index (χ4n) is 1.91. The topological polar surface area (TPSA) is 96.3 Å². The van der Waals surface area contributed by atoms with E-state index in [-0.39, 0.29) is 0 Å². The largest absolute Gasteiger partial charge is 0.497 e. The lowest BCUT2D eigenvalue weighted by molar-refractivity contribution is -0.159. The molecule has 0 atom stereocenters. The van der Waals surface area contributed by atoms with Crippen LogP contribution in [0.3, 0.4) is 0 Å². The lowest BCUT2D eigenvalue weighted by Gasteiger charge is -2.17. The maximum Gasteiger partial charge on any atom is 0.414 e. The first kappa shape index (κ1) is 23.3. The summed E-state index contributed by atoms with van der Waals surface area (Å²) in [6, 6.07) is 7.54. The Kier molecular flexibility index (Phi) is 13.1. The molecule has 0 aliphatic rings. The summed E-state index contributed by atoms with van der Waals surface area (Å²) in [6.07, 6.45) is 2.34. The van der Waals surface area contributed by atoms with Gasteiger partial charge in [-0.25, -0.2) is 9.59 Å². The minimum Gasteiger partial charge on any atom is -0.497 e. The van der Waals surface area contributed by atoms with Crippen molar-refractivity contribution in [2.24, 2.45) is 0 Å². The predicted molar refractivity (Wildman–Crippen MR) is 98.6 cm³/mol. The van der Waals surface area contributed by atoms with Crippen LogP contribution < -0.4 is 9.47 Å². The summed E-state index contributed by atoms with van der Waals surface area (Å²) in [6.45, 7) is 7.88. The van der Waals surface area contributed by atoms with Gasteiger partial charge in [-0.05, 0) is 50.2 Å². The Labute approximate surface area is 154 Å². The van der Waals surface area contributed by atoms with E-state index in [1.54, 1.807) is 7.11 Å². The number of aliphatic carboxylic acids is 2. The van der Waals surface area contributed by atoms with Crippen LogP contribution in [0.5, 0.6) is 11.5 Å². The smallest absolute Gasteiger partial charge is 0.414 e. The molecule has 0 aromatic heterocycles. The van der Waals surface area contributed by atoms with Crippen LogP contribution in [-0.4, -0.2) is 60.4 Å². The number of hydrogen-bond donors (Lipinski definition) is 2. The molecule has 7 nitrogen and oxygen atoms in total. The number of rotatable bonds is 8. The summed E-state index contributed by atoms with van der Waals surface area (Å²) in [5.74, 6) is 4.24. The first-order valence-corrected chi connectivity index (χ1v) is 8.35. The van der Waals surface area contributed by atoms with E-state index < -0.39 is 11.9 Å². The third-order valence-electron chi connectivity index (χ3n) is 3.06. The van der Waals surface area contributed by atoms with Crippen LogP contribution in [0.2, 0.25) is 0 Å². The molecule has 144 valence electrons. The van der Waals surface area contributed by atoms with E-state index in [9.17, 15) is 0 Å². The number of carboxylic acids is 2. The highest BCUT2D eigenvalue weighted by Gasteiger charge is 2.04. The van der Waals surface area contributed by atoms with E-state index in [4.69, 9.17) is 29.3 Å². The van der Waals surface area contributed by atoms with Gasteiger partial charge < -0.3 is 19.7 Å². The van der Waals surface area contributed by atoms with Crippen LogP contribution in [0.1, 0.15) is 26.7 Å². The standard InChI is InChI=1S/C17H25NO2.C2H2O4/c1-4-12-18(13-5-2)14-6-7-15-20-17-10-8-16(19-3)9-11-17;3-1(4)2(5)6/h8-11H,4-5,12-15H2,1-3H3;(H,3,4)(H,5,6). The number of hydrogen-bond acceptors (Lipinski definition) is 5. The lowest BCUT2D eigenvalue weighted by atomic mass is 10.3. The average Bonchev–Trinajstić information content (AvgIpc) is 2.62. The summed E-state index contributed by atoms with van der Waals surface area (Å²) in [7, 11) is 1.65. The third kappa shape index (κ3) is 11.8. The van der Waals surface area contributed by atoms with Crippen molar-refractivity contribution >= 4 is 11.9 Å². The quantitative estimate of drug-likeness (QED) is 0.539. The Hall–Kier alpha value is -2.72. The number of ether oxygens (including phenoxy) is 2. The number of carbonyl (C=O) groups is 2. The molecule has 0 spiro atoms. The molecule has 0 amide bonds.